The molecule has 0 amide bonds. The minimum atomic E-state index is 0.0103. The van der Waals surface area contributed by atoms with Crippen LogP contribution in [0.1, 0.15) is 45.7 Å². The summed E-state index contributed by atoms with van der Waals surface area (Å²) < 4.78 is 1.92. The third-order valence-corrected chi connectivity index (χ3v) is 3.07. The van der Waals surface area contributed by atoms with E-state index in [0.29, 0.717) is 0 Å². The third kappa shape index (κ3) is 3.51. The van der Waals surface area contributed by atoms with Crippen molar-refractivity contribution >= 4 is 0 Å². The highest BCUT2D eigenvalue weighted by Crippen LogP contribution is 2.12. The van der Waals surface area contributed by atoms with E-state index in [2.05, 4.69) is 41.5 Å². The van der Waals surface area contributed by atoms with E-state index in [-0.39, 0.29) is 5.54 Å². The Morgan fingerprint density at radius 3 is 2.53 bits per heavy atom. The predicted octanol–water partition coefficient (Wildman–Crippen LogP) is 1.52. The summed E-state index contributed by atoms with van der Waals surface area (Å²) >= 11 is 0. The molecule has 1 aromatic rings. The normalized spacial score (nSPS) is 18.5. The first-order valence-electron chi connectivity index (χ1n) is 6.46. The average Bonchev–Trinajstić information content (AvgIpc) is 2.76. The molecule has 1 aliphatic heterocycles. The van der Waals surface area contributed by atoms with Crippen molar-refractivity contribution < 1.29 is 0 Å². The zero-order chi connectivity index (χ0) is 12.3. The molecular formula is C12H23N5. The molecule has 17 heavy (non-hydrogen) atoms. The molecule has 2 heterocycles. The molecule has 2 rings (SSSR count). The Labute approximate surface area is 103 Å². The lowest BCUT2D eigenvalue weighted by Gasteiger charge is -2.26. The van der Waals surface area contributed by atoms with Gasteiger partial charge in [0, 0.05) is 13.1 Å². The van der Waals surface area contributed by atoms with Gasteiger partial charge in [-0.25, -0.2) is 15.1 Å². The van der Waals surface area contributed by atoms with Crippen LogP contribution in [0, 0.1) is 0 Å². The minimum absolute atomic E-state index is 0.0103. The average molecular weight is 237 g/mol. The lowest BCUT2D eigenvalue weighted by Crippen LogP contribution is -2.41. The summed E-state index contributed by atoms with van der Waals surface area (Å²) in [6.07, 6.45) is 5.97. The lowest BCUT2D eigenvalue weighted by atomic mass is 10.1. The highest BCUT2D eigenvalue weighted by atomic mass is 15.5. The van der Waals surface area contributed by atoms with Crippen molar-refractivity contribution in [3.05, 3.63) is 11.9 Å². The topological polar surface area (TPSA) is 46.0 Å². The Bertz CT molecular complexity index is 346. The lowest BCUT2D eigenvalue weighted by molar-refractivity contribution is 0.150. The molecular weight excluding hydrogens is 214 g/mol. The third-order valence-electron chi connectivity index (χ3n) is 3.07. The van der Waals surface area contributed by atoms with E-state index < -0.39 is 0 Å². The number of hydrogen-bond acceptors (Lipinski definition) is 4. The van der Waals surface area contributed by atoms with Crippen LogP contribution in [-0.4, -0.2) is 33.1 Å². The van der Waals surface area contributed by atoms with Gasteiger partial charge in [0.05, 0.1) is 24.0 Å². The Balaban J connectivity index is 1.84. The second kappa shape index (κ2) is 5.14. The van der Waals surface area contributed by atoms with Gasteiger partial charge >= 0.3 is 0 Å². The second-order valence-electron chi connectivity index (χ2n) is 5.71. The predicted molar refractivity (Wildman–Crippen MR) is 67.3 cm³/mol. The molecule has 0 atom stereocenters. The minimum Gasteiger partial charge on any atom is -0.249 e. The zero-order valence-electron chi connectivity index (χ0n) is 11.1. The molecule has 0 unspecified atom stereocenters. The van der Waals surface area contributed by atoms with Crippen molar-refractivity contribution in [2.24, 2.45) is 0 Å². The summed E-state index contributed by atoms with van der Waals surface area (Å²) in [5.74, 6) is 0. The van der Waals surface area contributed by atoms with Crippen molar-refractivity contribution in [3.63, 3.8) is 0 Å². The van der Waals surface area contributed by atoms with Crippen molar-refractivity contribution in [1.82, 2.24) is 25.4 Å². The van der Waals surface area contributed by atoms with Crippen LogP contribution in [0.5, 0.6) is 0 Å². The first-order valence-corrected chi connectivity index (χ1v) is 6.46. The first-order chi connectivity index (χ1) is 8.05. The van der Waals surface area contributed by atoms with Crippen molar-refractivity contribution in [3.8, 4) is 0 Å². The molecule has 5 heteroatoms. The van der Waals surface area contributed by atoms with Gasteiger partial charge in [-0.3, -0.25) is 0 Å². The fourth-order valence-electron chi connectivity index (χ4n) is 1.95. The molecule has 0 radical (unpaired) electrons. The fourth-order valence-corrected chi connectivity index (χ4v) is 1.95. The smallest absolute Gasteiger partial charge is 0.0979 e. The Morgan fingerprint density at radius 2 is 1.94 bits per heavy atom. The largest absolute Gasteiger partial charge is 0.249 e. The van der Waals surface area contributed by atoms with Crippen LogP contribution in [-0.2, 0) is 12.1 Å². The highest BCUT2D eigenvalue weighted by molar-refractivity contribution is 4.93. The van der Waals surface area contributed by atoms with E-state index in [1.807, 2.05) is 10.9 Å². The molecule has 96 valence electrons. The van der Waals surface area contributed by atoms with Crippen LogP contribution in [0.3, 0.4) is 0 Å². The van der Waals surface area contributed by atoms with Crippen molar-refractivity contribution in [2.45, 2.75) is 52.1 Å². The maximum atomic E-state index is 4.19. The standard InChI is InChI=1S/C12H23N5/c1-12(2,3)17-10-11(14-15-17)9-13-16-7-5-4-6-8-16/h10,13H,4-9H2,1-3H3. The molecule has 0 spiro atoms. The number of piperidine rings is 1. The summed E-state index contributed by atoms with van der Waals surface area (Å²) in [4.78, 5) is 0. The van der Waals surface area contributed by atoms with Crippen LogP contribution < -0.4 is 5.43 Å². The molecule has 1 N–H and O–H groups in total. The van der Waals surface area contributed by atoms with Crippen LogP contribution in [0.2, 0.25) is 0 Å². The number of rotatable bonds is 3. The SMILES string of the molecule is CC(C)(C)n1cc(CNN2CCCCC2)nn1. The summed E-state index contributed by atoms with van der Waals surface area (Å²) in [5.41, 5.74) is 4.44. The highest BCUT2D eigenvalue weighted by Gasteiger charge is 2.15. The van der Waals surface area contributed by atoms with Crippen LogP contribution in [0.4, 0.5) is 0 Å². The first kappa shape index (κ1) is 12.5. The quantitative estimate of drug-likeness (QED) is 0.866. The maximum absolute atomic E-state index is 4.19. The molecule has 0 aromatic carbocycles. The van der Waals surface area contributed by atoms with Gasteiger partial charge in [0.2, 0.25) is 0 Å². The molecule has 1 aliphatic rings. The summed E-state index contributed by atoms with van der Waals surface area (Å²) in [6.45, 7) is 9.45. The van der Waals surface area contributed by atoms with Gasteiger partial charge in [0.25, 0.3) is 0 Å². The maximum Gasteiger partial charge on any atom is 0.0979 e. The number of nitrogens with zero attached hydrogens (tertiary/aromatic N) is 4. The summed E-state index contributed by atoms with van der Waals surface area (Å²) in [6, 6.07) is 0. The van der Waals surface area contributed by atoms with E-state index in [4.69, 9.17) is 0 Å². The Morgan fingerprint density at radius 1 is 1.24 bits per heavy atom. The van der Waals surface area contributed by atoms with Crippen LogP contribution in [0.15, 0.2) is 6.20 Å². The number of nitrogens with one attached hydrogen (secondary N) is 1. The summed E-state index contributed by atoms with van der Waals surface area (Å²) in [5, 5.41) is 10.6. The molecule has 0 saturated carbocycles. The zero-order valence-corrected chi connectivity index (χ0v) is 11.1. The number of hydrogen-bond donors (Lipinski definition) is 1. The molecule has 0 bridgehead atoms. The monoisotopic (exact) mass is 237 g/mol. The van der Waals surface area contributed by atoms with Gasteiger partial charge < -0.3 is 0 Å². The van der Waals surface area contributed by atoms with E-state index in [9.17, 15) is 0 Å². The van der Waals surface area contributed by atoms with E-state index in [1.165, 1.54) is 19.3 Å². The molecule has 1 saturated heterocycles. The van der Waals surface area contributed by atoms with Gasteiger partial charge in [0.15, 0.2) is 0 Å². The van der Waals surface area contributed by atoms with Gasteiger partial charge in [-0.15, -0.1) is 5.10 Å². The van der Waals surface area contributed by atoms with Gasteiger partial charge in [-0.1, -0.05) is 11.6 Å². The van der Waals surface area contributed by atoms with Gasteiger partial charge in [0.1, 0.15) is 0 Å². The Kier molecular flexibility index (Phi) is 3.79. The molecule has 1 fully saturated rings. The Hall–Kier alpha value is -0.940. The number of aromatic nitrogens is 3. The fraction of sp³-hybridized carbons (Fsp3) is 0.833. The van der Waals surface area contributed by atoms with Gasteiger partial charge in [-0.05, 0) is 33.6 Å². The van der Waals surface area contributed by atoms with E-state index in [1.54, 1.807) is 0 Å². The van der Waals surface area contributed by atoms with Crippen LogP contribution in [0.25, 0.3) is 0 Å². The number of hydrazine groups is 1. The molecule has 1 aromatic heterocycles. The van der Waals surface area contributed by atoms with Crippen LogP contribution >= 0.6 is 0 Å². The van der Waals surface area contributed by atoms with E-state index in [0.717, 1.165) is 25.3 Å². The molecule has 0 aliphatic carbocycles. The van der Waals surface area contributed by atoms with E-state index >= 15 is 0 Å². The second-order valence-corrected chi connectivity index (χ2v) is 5.71. The summed E-state index contributed by atoms with van der Waals surface area (Å²) in [7, 11) is 0. The van der Waals surface area contributed by atoms with Crippen molar-refractivity contribution in [1.29, 1.82) is 0 Å². The molecule has 5 nitrogen and oxygen atoms in total. The van der Waals surface area contributed by atoms with Crippen molar-refractivity contribution in [2.75, 3.05) is 13.1 Å². The van der Waals surface area contributed by atoms with Gasteiger partial charge in [-0.2, -0.15) is 0 Å².